The summed E-state index contributed by atoms with van der Waals surface area (Å²) in [5, 5.41) is 0. The summed E-state index contributed by atoms with van der Waals surface area (Å²) in [5.74, 6) is 0.978. The van der Waals surface area contributed by atoms with E-state index in [1.165, 1.54) is 104 Å². The molecule has 0 atom stereocenters. The Morgan fingerprint density at radius 1 is 0.875 bits per heavy atom. The quantitative estimate of drug-likeness (QED) is 0.738. The van der Waals surface area contributed by atoms with Gasteiger partial charge in [0.1, 0.15) is 0 Å². The minimum Gasteiger partial charge on any atom is -0.306 e. The maximum Gasteiger partial charge on any atom is 0.00516 e. The van der Waals surface area contributed by atoms with Crippen molar-refractivity contribution in [3.63, 3.8) is 0 Å². The van der Waals surface area contributed by atoms with Gasteiger partial charge < -0.3 is 14.7 Å². The molecule has 4 aliphatic rings. The summed E-state index contributed by atoms with van der Waals surface area (Å²) >= 11 is 0. The van der Waals surface area contributed by atoms with Gasteiger partial charge in [0.15, 0.2) is 0 Å². The van der Waals surface area contributed by atoms with Gasteiger partial charge in [-0.05, 0) is 94.9 Å². The number of rotatable bonds is 6. The molecule has 0 aromatic carbocycles. The summed E-state index contributed by atoms with van der Waals surface area (Å²) in [4.78, 5) is 8.09. The van der Waals surface area contributed by atoms with Gasteiger partial charge in [-0.1, -0.05) is 13.3 Å². The molecule has 4 rings (SSSR count). The van der Waals surface area contributed by atoms with Gasteiger partial charge in [0, 0.05) is 26.2 Å². The Kier molecular flexibility index (Phi) is 4.96. The van der Waals surface area contributed by atoms with Crippen LogP contribution >= 0.6 is 0 Å². The van der Waals surface area contributed by atoms with Gasteiger partial charge >= 0.3 is 0 Å². The standard InChI is InChI=1S/C21H39N3/c1-3-6-20(7-8-20)16-23-11-4-19(5-12-23)15-24-17-21(18-24)9-13-22(2)14-10-21/h19H,3-18H2,1-2H3. The second kappa shape index (κ2) is 6.89. The van der Waals surface area contributed by atoms with E-state index in [9.17, 15) is 0 Å². The molecule has 0 amide bonds. The van der Waals surface area contributed by atoms with E-state index in [-0.39, 0.29) is 0 Å². The molecular weight excluding hydrogens is 294 g/mol. The molecule has 1 spiro atoms. The Hall–Kier alpha value is -0.120. The highest BCUT2D eigenvalue weighted by molar-refractivity contribution is 4.99. The van der Waals surface area contributed by atoms with Crippen LogP contribution < -0.4 is 0 Å². The van der Waals surface area contributed by atoms with Crippen LogP contribution in [0.15, 0.2) is 0 Å². The number of nitrogens with zero attached hydrogens (tertiary/aromatic N) is 3. The van der Waals surface area contributed by atoms with Crippen molar-refractivity contribution in [1.29, 1.82) is 0 Å². The van der Waals surface area contributed by atoms with E-state index in [1.807, 2.05) is 0 Å². The number of hydrogen-bond acceptors (Lipinski definition) is 3. The molecule has 24 heavy (non-hydrogen) atoms. The van der Waals surface area contributed by atoms with E-state index < -0.39 is 0 Å². The van der Waals surface area contributed by atoms with E-state index >= 15 is 0 Å². The summed E-state index contributed by atoms with van der Waals surface area (Å²) in [6.45, 7) is 13.4. The summed E-state index contributed by atoms with van der Waals surface area (Å²) in [6.07, 6.45) is 11.7. The Labute approximate surface area is 149 Å². The van der Waals surface area contributed by atoms with Crippen molar-refractivity contribution >= 4 is 0 Å². The molecule has 0 unspecified atom stereocenters. The van der Waals surface area contributed by atoms with Gasteiger partial charge in [-0.2, -0.15) is 0 Å². The smallest absolute Gasteiger partial charge is 0.00516 e. The van der Waals surface area contributed by atoms with Crippen LogP contribution in [0.25, 0.3) is 0 Å². The van der Waals surface area contributed by atoms with Crippen LogP contribution in [-0.4, -0.2) is 74.1 Å². The van der Waals surface area contributed by atoms with E-state index in [0.29, 0.717) is 5.41 Å². The lowest BCUT2D eigenvalue weighted by Crippen LogP contribution is -2.61. The van der Waals surface area contributed by atoms with Crippen LogP contribution in [0.3, 0.4) is 0 Å². The predicted molar refractivity (Wildman–Crippen MR) is 101 cm³/mol. The molecule has 0 N–H and O–H groups in total. The topological polar surface area (TPSA) is 9.72 Å². The van der Waals surface area contributed by atoms with Gasteiger partial charge in [0.05, 0.1) is 0 Å². The van der Waals surface area contributed by atoms with E-state index in [4.69, 9.17) is 0 Å². The number of hydrogen-bond donors (Lipinski definition) is 0. The third kappa shape index (κ3) is 3.83. The zero-order chi connectivity index (χ0) is 16.6. The number of likely N-dealkylation sites (tertiary alicyclic amines) is 3. The Balaban J connectivity index is 1.14. The zero-order valence-corrected chi connectivity index (χ0v) is 16.2. The molecule has 138 valence electrons. The van der Waals surface area contributed by atoms with Crippen LogP contribution in [0, 0.1) is 16.7 Å². The summed E-state index contributed by atoms with van der Waals surface area (Å²) in [6, 6.07) is 0. The lowest BCUT2D eigenvalue weighted by Gasteiger charge is -2.55. The molecular formula is C21H39N3. The van der Waals surface area contributed by atoms with Crippen molar-refractivity contribution < 1.29 is 0 Å². The lowest BCUT2D eigenvalue weighted by atomic mass is 9.71. The second-order valence-corrected chi connectivity index (χ2v) is 9.94. The van der Waals surface area contributed by atoms with E-state index in [0.717, 1.165) is 11.3 Å². The Bertz CT molecular complexity index is 407. The average Bonchev–Trinajstić information content (AvgIpc) is 3.30. The molecule has 3 heteroatoms. The summed E-state index contributed by atoms with van der Waals surface area (Å²) in [5.41, 5.74) is 1.46. The number of piperidine rings is 2. The fourth-order valence-electron chi connectivity index (χ4n) is 5.80. The molecule has 3 heterocycles. The van der Waals surface area contributed by atoms with Gasteiger partial charge in [0.25, 0.3) is 0 Å². The zero-order valence-electron chi connectivity index (χ0n) is 16.2. The van der Waals surface area contributed by atoms with Crippen LogP contribution in [0.4, 0.5) is 0 Å². The van der Waals surface area contributed by atoms with Crippen LogP contribution in [0.2, 0.25) is 0 Å². The highest BCUT2D eigenvalue weighted by atomic mass is 15.2. The molecule has 3 saturated heterocycles. The van der Waals surface area contributed by atoms with E-state index in [1.54, 1.807) is 0 Å². The minimum absolute atomic E-state index is 0.714. The normalized spacial score (nSPS) is 31.2. The highest BCUT2D eigenvalue weighted by Crippen LogP contribution is 2.50. The SMILES string of the molecule is CCCC1(CN2CCC(CN3CC4(CCN(C)CC4)C3)CC2)CC1. The van der Waals surface area contributed by atoms with Gasteiger partial charge in [-0.3, -0.25) is 0 Å². The molecule has 0 aromatic rings. The van der Waals surface area contributed by atoms with Crippen LogP contribution in [0.1, 0.15) is 58.3 Å². The molecule has 0 radical (unpaired) electrons. The van der Waals surface area contributed by atoms with Crippen molar-refractivity contribution in [3.05, 3.63) is 0 Å². The molecule has 4 fully saturated rings. The minimum atomic E-state index is 0.714. The molecule has 0 bridgehead atoms. The largest absolute Gasteiger partial charge is 0.306 e. The summed E-state index contributed by atoms with van der Waals surface area (Å²) < 4.78 is 0. The molecule has 3 aliphatic heterocycles. The molecule has 1 aliphatic carbocycles. The highest BCUT2D eigenvalue weighted by Gasteiger charge is 2.45. The maximum atomic E-state index is 2.80. The fourth-order valence-corrected chi connectivity index (χ4v) is 5.80. The van der Waals surface area contributed by atoms with Crippen molar-refractivity contribution in [2.24, 2.45) is 16.7 Å². The lowest BCUT2D eigenvalue weighted by molar-refractivity contribution is -0.0535. The maximum absolute atomic E-state index is 2.80. The Morgan fingerprint density at radius 2 is 1.54 bits per heavy atom. The van der Waals surface area contributed by atoms with Crippen molar-refractivity contribution in [2.75, 3.05) is 59.4 Å². The van der Waals surface area contributed by atoms with Gasteiger partial charge in [-0.25, -0.2) is 0 Å². The van der Waals surface area contributed by atoms with Crippen molar-refractivity contribution in [1.82, 2.24) is 14.7 Å². The molecule has 3 nitrogen and oxygen atoms in total. The third-order valence-electron chi connectivity index (χ3n) is 7.69. The second-order valence-electron chi connectivity index (χ2n) is 9.94. The van der Waals surface area contributed by atoms with Crippen molar-refractivity contribution in [2.45, 2.75) is 58.3 Å². The monoisotopic (exact) mass is 333 g/mol. The average molecular weight is 334 g/mol. The fraction of sp³-hybridized carbons (Fsp3) is 1.00. The van der Waals surface area contributed by atoms with Gasteiger partial charge in [-0.15, -0.1) is 0 Å². The first-order valence-corrected chi connectivity index (χ1v) is 10.7. The first-order valence-electron chi connectivity index (χ1n) is 10.7. The Morgan fingerprint density at radius 3 is 2.12 bits per heavy atom. The summed E-state index contributed by atoms with van der Waals surface area (Å²) in [7, 11) is 2.28. The third-order valence-corrected chi connectivity index (χ3v) is 7.69. The predicted octanol–water partition coefficient (Wildman–Crippen LogP) is 3.31. The van der Waals surface area contributed by atoms with Crippen molar-refractivity contribution in [3.8, 4) is 0 Å². The van der Waals surface area contributed by atoms with E-state index in [2.05, 4.69) is 28.7 Å². The first kappa shape index (κ1) is 17.3. The molecule has 1 saturated carbocycles. The van der Waals surface area contributed by atoms with Crippen LogP contribution in [0.5, 0.6) is 0 Å². The first-order chi connectivity index (χ1) is 11.6. The molecule has 0 aromatic heterocycles. The van der Waals surface area contributed by atoms with Crippen LogP contribution in [-0.2, 0) is 0 Å². The van der Waals surface area contributed by atoms with Gasteiger partial charge in [0.2, 0.25) is 0 Å².